The first kappa shape index (κ1) is 15.9. The number of aromatic nitrogens is 2. The van der Waals surface area contributed by atoms with Gasteiger partial charge in [-0.2, -0.15) is 0 Å². The lowest BCUT2D eigenvalue weighted by molar-refractivity contribution is 0.0945. The summed E-state index contributed by atoms with van der Waals surface area (Å²) in [4.78, 5) is 23.1. The molecule has 1 N–H and O–H groups in total. The molecule has 23 heavy (non-hydrogen) atoms. The smallest absolute Gasteiger partial charge is 0.270 e. The maximum Gasteiger partial charge on any atom is 0.270 e. The van der Waals surface area contributed by atoms with E-state index in [9.17, 15) is 4.79 Å². The van der Waals surface area contributed by atoms with Gasteiger partial charge in [0.05, 0.1) is 30.5 Å². The Morgan fingerprint density at radius 2 is 2.26 bits per heavy atom. The predicted octanol–water partition coefficient (Wildman–Crippen LogP) is 1.87. The van der Waals surface area contributed by atoms with Crippen molar-refractivity contribution in [3.05, 3.63) is 40.1 Å². The van der Waals surface area contributed by atoms with Gasteiger partial charge in [0.2, 0.25) is 0 Å². The number of hydrogen-bond acceptors (Lipinski definition) is 6. The quantitative estimate of drug-likeness (QED) is 0.905. The lowest BCUT2D eigenvalue weighted by Crippen LogP contribution is -2.36. The Labute approximate surface area is 139 Å². The van der Waals surface area contributed by atoms with Crippen molar-refractivity contribution in [2.75, 3.05) is 31.2 Å². The number of nitrogens with one attached hydrogen (secondary N) is 1. The van der Waals surface area contributed by atoms with Gasteiger partial charge in [0.25, 0.3) is 5.91 Å². The molecule has 0 spiro atoms. The van der Waals surface area contributed by atoms with Crippen molar-refractivity contribution in [3.8, 4) is 0 Å². The third-order valence-electron chi connectivity index (χ3n) is 3.68. The summed E-state index contributed by atoms with van der Waals surface area (Å²) in [6.45, 7) is 5.61. The lowest BCUT2D eigenvalue weighted by atomic mass is 10.2. The number of nitrogens with zero attached hydrogens (tertiary/aromatic N) is 3. The third kappa shape index (κ3) is 4.05. The van der Waals surface area contributed by atoms with Gasteiger partial charge in [-0.1, -0.05) is 6.92 Å². The molecule has 1 aliphatic heterocycles. The van der Waals surface area contributed by atoms with Crippen molar-refractivity contribution in [3.63, 3.8) is 0 Å². The normalized spacial score (nSPS) is 14.7. The van der Waals surface area contributed by atoms with Gasteiger partial charge in [-0.25, -0.2) is 4.98 Å². The van der Waals surface area contributed by atoms with Gasteiger partial charge in [-0.3, -0.25) is 9.78 Å². The van der Waals surface area contributed by atoms with Crippen molar-refractivity contribution in [2.24, 2.45) is 0 Å². The van der Waals surface area contributed by atoms with E-state index in [1.807, 2.05) is 17.5 Å². The van der Waals surface area contributed by atoms with E-state index in [2.05, 4.69) is 27.1 Å². The average molecular weight is 332 g/mol. The Kier molecular flexibility index (Phi) is 5.19. The van der Waals surface area contributed by atoms with Crippen molar-refractivity contribution in [1.82, 2.24) is 15.3 Å². The zero-order valence-electron chi connectivity index (χ0n) is 13.1. The van der Waals surface area contributed by atoms with Crippen LogP contribution >= 0.6 is 11.3 Å². The van der Waals surface area contributed by atoms with Crippen LogP contribution in [0.1, 0.15) is 28.1 Å². The molecule has 0 aliphatic carbocycles. The molecule has 0 aromatic carbocycles. The summed E-state index contributed by atoms with van der Waals surface area (Å²) in [5.74, 6) is -0.175. The summed E-state index contributed by atoms with van der Waals surface area (Å²) >= 11 is 1.62. The molecule has 3 heterocycles. The molecule has 1 amide bonds. The Morgan fingerprint density at radius 1 is 1.43 bits per heavy atom. The third-order valence-corrected chi connectivity index (χ3v) is 4.73. The second-order valence-electron chi connectivity index (χ2n) is 5.27. The number of morpholine rings is 1. The van der Waals surface area contributed by atoms with E-state index in [1.54, 1.807) is 17.5 Å². The SMILES string of the molecule is CCc1nc(CNC(=O)c2cc(N3CCOCC3)ccn2)cs1. The van der Waals surface area contributed by atoms with Crippen LogP contribution in [0.3, 0.4) is 0 Å². The van der Waals surface area contributed by atoms with Crippen LogP contribution in [0.25, 0.3) is 0 Å². The first-order valence-electron chi connectivity index (χ1n) is 7.76. The molecule has 1 saturated heterocycles. The van der Waals surface area contributed by atoms with Gasteiger partial charge in [-0.15, -0.1) is 11.3 Å². The number of pyridine rings is 1. The highest BCUT2D eigenvalue weighted by atomic mass is 32.1. The number of amides is 1. The minimum Gasteiger partial charge on any atom is -0.378 e. The van der Waals surface area contributed by atoms with Crippen LogP contribution in [0.5, 0.6) is 0 Å². The molecular weight excluding hydrogens is 312 g/mol. The van der Waals surface area contributed by atoms with Crippen molar-refractivity contribution in [1.29, 1.82) is 0 Å². The lowest BCUT2D eigenvalue weighted by Gasteiger charge is -2.28. The van der Waals surface area contributed by atoms with Crippen molar-refractivity contribution in [2.45, 2.75) is 19.9 Å². The maximum absolute atomic E-state index is 12.3. The molecule has 0 saturated carbocycles. The molecule has 6 nitrogen and oxygen atoms in total. The number of hydrogen-bond donors (Lipinski definition) is 1. The summed E-state index contributed by atoms with van der Waals surface area (Å²) in [7, 11) is 0. The first-order valence-corrected chi connectivity index (χ1v) is 8.64. The zero-order valence-corrected chi connectivity index (χ0v) is 13.9. The van der Waals surface area contributed by atoms with E-state index in [1.165, 1.54) is 0 Å². The second kappa shape index (κ2) is 7.52. The minimum absolute atomic E-state index is 0.175. The molecule has 0 atom stereocenters. The molecule has 1 fully saturated rings. The Morgan fingerprint density at radius 3 is 3.00 bits per heavy atom. The Bertz CT molecular complexity index is 668. The highest BCUT2D eigenvalue weighted by Gasteiger charge is 2.14. The number of thiazole rings is 1. The standard InChI is InChI=1S/C16H20N4O2S/c1-2-15-19-12(11-23-15)10-18-16(21)14-9-13(3-4-17-14)20-5-7-22-8-6-20/h3-4,9,11H,2,5-8,10H2,1H3,(H,18,21). The van der Waals surface area contributed by atoms with Crippen LogP contribution in [0.2, 0.25) is 0 Å². The summed E-state index contributed by atoms with van der Waals surface area (Å²) < 4.78 is 5.36. The number of aryl methyl sites for hydroxylation is 1. The largest absolute Gasteiger partial charge is 0.378 e. The van der Waals surface area contributed by atoms with Crippen molar-refractivity contribution < 1.29 is 9.53 Å². The molecule has 2 aromatic rings. The molecule has 0 unspecified atom stereocenters. The molecule has 0 radical (unpaired) electrons. The topological polar surface area (TPSA) is 67.4 Å². The van der Waals surface area contributed by atoms with E-state index in [0.29, 0.717) is 25.5 Å². The fourth-order valence-corrected chi connectivity index (χ4v) is 3.16. The van der Waals surface area contributed by atoms with Crippen LogP contribution in [-0.2, 0) is 17.7 Å². The summed E-state index contributed by atoms with van der Waals surface area (Å²) in [6.07, 6.45) is 2.60. The molecule has 1 aliphatic rings. The molecule has 122 valence electrons. The predicted molar refractivity (Wildman–Crippen MR) is 89.9 cm³/mol. The number of ether oxygens (including phenoxy) is 1. The van der Waals surface area contributed by atoms with E-state index in [4.69, 9.17) is 4.74 Å². The van der Waals surface area contributed by atoms with Crippen LogP contribution in [0, 0.1) is 0 Å². The molecule has 7 heteroatoms. The molecule has 2 aromatic heterocycles. The summed E-state index contributed by atoms with van der Waals surface area (Å²) in [5.41, 5.74) is 2.33. The maximum atomic E-state index is 12.3. The van der Waals surface area contributed by atoms with Crippen LogP contribution in [0.4, 0.5) is 5.69 Å². The van der Waals surface area contributed by atoms with Crippen molar-refractivity contribution >= 4 is 22.9 Å². The summed E-state index contributed by atoms with van der Waals surface area (Å²) in [5, 5.41) is 5.95. The van der Waals surface area contributed by atoms with Gasteiger partial charge in [-0.05, 0) is 18.6 Å². The van der Waals surface area contributed by atoms with Gasteiger partial charge < -0.3 is 15.0 Å². The fourth-order valence-electron chi connectivity index (χ4n) is 2.42. The number of carbonyl (C=O) groups is 1. The van der Waals surface area contributed by atoms with Gasteiger partial charge in [0.15, 0.2) is 0 Å². The minimum atomic E-state index is -0.175. The Balaban J connectivity index is 1.62. The monoisotopic (exact) mass is 332 g/mol. The molecule has 0 bridgehead atoms. The van der Waals surface area contributed by atoms with Gasteiger partial charge in [0.1, 0.15) is 5.69 Å². The van der Waals surface area contributed by atoms with E-state index >= 15 is 0 Å². The first-order chi connectivity index (χ1) is 11.3. The number of anilines is 1. The van der Waals surface area contributed by atoms with E-state index < -0.39 is 0 Å². The second-order valence-corrected chi connectivity index (χ2v) is 6.21. The highest BCUT2D eigenvalue weighted by molar-refractivity contribution is 7.09. The van der Waals surface area contributed by atoms with Gasteiger partial charge >= 0.3 is 0 Å². The van der Waals surface area contributed by atoms with Crippen LogP contribution < -0.4 is 10.2 Å². The fraction of sp³-hybridized carbons (Fsp3) is 0.438. The van der Waals surface area contributed by atoms with E-state index in [-0.39, 0.29) is 5.91 Å². The van der Waals surface area contributed by atoms with E-state index in [0.717, 1.165) is 35.9 Å². The average Bonchev–Trinajstić information content (AvgIpc) is 3.09. The van der Waals surface area contributed by atoms with Crippen LogP contribution in [0.15, 0.2) is 23.7 Å². The number of rotatable bonds is 5. The highest BCUT2D eigenvalue weighted by Crippen LogP contribution is 2.16. The van der Waals surface area contributed by atoms with Gasteiger partial charge in [0, 0.05) is 30.4 Å². The molecule has 3 rings (SSSR count). The Hall–Kier alpha value is -1.99. The van der Waals surface area contributed by atoms with Crippen LogP contribution in [-0.4, -0.2) is 42.2 Å². The number of carbonyl (C=O) groups excluding carboxylic acids is 1. The molecular formula is C16H20N4O2S. The zero-order chi connectivity index (χ0) is 16.1. The summed E-state index contributed by atoms with van der Waals surface area (Å²) in [6, 6.07) is 3.76.